The molecule has 0 fully saturated rings. The highest BCUT2D eigenvalue weighted by Gasteiger charge is 2.03. The minimum Gasteiger partial charge on any atom is -0.432 e. The quantitative estimate of drug-likeness (QED) is 0.471. The summed E-state index contributed by atoms with van der Waals surface area (Å²) >= 11 is 2.21. The first-order valence-corrected chi connectivity index (χ1v) is 5.83. The second-order valence-corrected chi connectivity index (χ2v) is 4.25. The molecular formula is C11H13IO4. The Morgan fingerprint density at radius 3 is 2.50 bits per heavy atom. The molecule has 0 unspecified atom stereocenters. The molecule has 5 heteroatoms. The molecule has 1 aromatic carbocycles. The molecule has 0 radical (unpaired) electrons. The normalized spacial score (nSPS) is 9.88. The Bertz CT molecular complexity index is 323. The summed E-state index contributed by atoms with van der Waals surface area (Å²) in [7, 11) is 1.54. The maximum atomic E-state index is 11.1. The van der Waals surface area contributed by atoms with Crippen LogP contribution in [0.25, 0.3) is 0 Å². The van der Waals surface area contributed by atoms with E-state index in [2.05, 4.69) is 22.6 Å². The number of methoxy groups -OCH3 is 1. The molecule has 0 saturated heterocycles. The summed E-state index contributed by atoms with van der Waals surface area (Å²) in [6.45, 7) is 0.809. The first-order chi connectivity index (χ1) is 7.72. The lowest BCUT2D eigenvalue weighted by Gasteiger charge is -2.05. The molecule has 88 valence electrons. The Balaban J connectivity index is 2.23. The van der Waals surface area contributed by atoms with Crippen LogP contribution in [0.3, 0.4) is 0 Å². The molecule has 0 aliphatic carbocycles. The summed E-state index contributed by atoms with van der Waals surface area (Å²) in [6.07, 6.45) is -0.671. The number of hydrogen-bond acceptors (Lipinski definition) is 4. The lowest BCUT2D eigenvalue weighted by molar-refractivity contribution is 0.0323. The van der Waals surface area contributed by atoms with Crippen molar-refractivity contribution in [3.8, 4) is 0 Å². The van der Waals surface area contributed by atoms with E-state index in [0.717, 1.165) is 9.13 Å². The van der Waals surface area contributed by atoms with Crippen LogP contribution < -0.4 is 0 Å². The standard InChI is InChI=1S/C11H13IO4/c1-14-6-7-15-11(13)16-8-9-2-4-10(12)5-3-9/h2-5H,6-8H2,1H3. The number of carbonyl (C=O) groups excluding carboxylic acids is 1. The van der Waals surface area contributed by atoms with Gasteiger partial charge < -0.3 is 14.2 Å². The van der Waals surface area contributed by atoms with Gasteiger partial charge in [-0.3, -0.25) is 0 Å². The Morgan fingerprint density at radius 1 is 1.19 bits per heavy atom. The summed E-state index contributed by atoms with van der Waals surface area (Å²) < 4.78 is 15.5. The fourth-order valence-corrected chi connectivity index (χ4v) is 1.33. The van der Waals surface area contributed by atoms with Crippen molar-refractivity contribution in [3.05, 3.63) is 33.4 Å². The van der Waals surface area contributed by atoms with Crippen molar-refractivity contribution in [1.82, 2.24) is 0 Å². The molecule has 0 N–H and O–H groups in total. The van der Waals surface area contributed by atoms with Gasteiger partial charge in [-0.15, -0.1) is 0 Å². The van der Waals surface area contributed by atoms with Crippen LogP contribution in [0.5, 0.6) is 0 Å². The minimum absolute atomic E-state index is 0.210. The topological polar surface area (TPSA) is 44.8 Å². The van der Waals surface area contributed by atoms with Crippen LogP contribution in [0.4, 0.5) is 4.79 Å². The monoisotopic (exact) mass is 336 g/mol. The smallest absolute Gasteiger partial charge is 0.432 e. The maximum absolute atomic E-state index is 11.1. The highest BCUT2D eigenvalue weighted by Crippen LogP contribution is 2.07. The summed E-state index contributed by atoms with van der Waals surface area (Å²) in [5, 5.41) is 0. The van der Waals surface area contributed by atoms with E-state index >= 15 is 0 Å². The van der Waals surface area contributed by atoms with Crippen LogP contribution in [0.2, 0.25) is 0 Å². The van der Waals surface area contributed by atoms with Crippen molar-refractivity contribution in [3.63, 3.8) is 0 Å². The van der Waals surface area contributed by atoms with Crippen LogP contribution >= 0.6 is 22.6 Å². The SMILES string of the molecule is COCCOC(=O)OCc1ccc(I)cc1. The second kappa shape index (κ2) is 7.45. The fraction of sp³-hybridized carbons (Fsp3) is 0.364. The van der Waals surface area contributed by atoms with Crippen molar-refractivity contribution in [1.29, 1.82) is 0 Å². The first-order valence-electron chi connectivity index (χ1n) is 4.75. The van der Waals surface area contributed by atoms with E-state index in [9.17, 15) is 4.79 Å². The third-order valence-corrected chi connectivity index (χ3v) is 2.50. The third-order valence-electron chi connectivity index (χ3n) is 1.78. The van der Waals surface area contributed by atoms with Gasteiger partial charge in [-0.2, -0.15) is 0 Å². The van der Waals surface area contributed by atoms with E-state index in [-0.39, 0.29) is 13.2 Å². The number of hydrogen-bond donors (Lipinski definition) is 0. The summed E-state index contributed by atoms with van der Waals surface area (Å²) in [4.78, 5) is 11.1. The van der Waals surface area contributed by atoms with Crippen molar-refractivity contribution in [2.45, 2.75) is 6.61 Å². The van der Waals surface area contributed by atoms with Crippen LogP contribution in [0.15, 0.2) is 24.3 Å². The van der Waals surface area contributed by atoms with E-state index in [0.29, 0.717) is 6.61 Å². The molecule has 16 heavy (non-hydrogen) atoms. The predicted molar refractivity (Wildman–Crippen MR) is 67.2 cm³/mol. The molecule has 0 aliphatic heterocycles. The summed E-state index contributed by atoms with van der Waals surface area (Å²) in [5.74, 6) is 0. The predicted octanol–water partition coefficient (Wildman–Crippen LogP) is 2.59. The van der Waals surface area contributed by atoms with Crippen molar-refractivity contribution < 1.29 is 19.0 Å². The van der Waals surface area contributed by atoms with Crippen LogP contribution in [-0.4, -0.2) is 26.5 Å². The third kappa shape index (κ3) is 5.32. The van der Waals surface area contributed by atoms with Crippen LogP contribution in [0, 0.1) is 3.57 Å². The largest absolute Gasteiger partial charge is 0.508 e. The van der Waals surface area contributed by atoms with E-state index in [1.807, 2.05) is 24.3 Å². The molecule has 4 nitrogen and oxygen atoms in total. The van der Waals surface area contributed by atoms with Gasteiger partial charge in [-0.25, -0.2) is 4.79 Å². The van der Waals surface area contributed by atoms with E-state index < -0.39 is 6.16 Å². The van der Waals surface area contributed by atoms with Gasteiger partial charge in [0, 0.05) is 10.7 Å². The average molecular weight is 336 g/mol. The Kier molecular flexibility index (Phi) is 6.17. The first kappa shape index (κ1) is 13.2. The molecule has 1 rings (SSSR count). The number of rotatable bonds is 5. The molecule has 0 spiro atoms. The molecule has 0 aliphatic rings. The summed E-state index contributed by atoms with van der Waals surface area (Å²) in [5.41, 5.74) is 0.934. The molecular weight excluding hydrogens is 323 g/mol. The molecule has 1 aromatic rings. The summed E-state index contributed by atoms with van der Waals surface area (Å²) in [6, 6.07) is 7.72. The zero-order valence-electron chi connectivity index (χ0n) is 8.94. The van der Waals surface area contributed by atoms with Gasteiger partial charge in [-0.05, 0) is 40.3 Å². The highest BCUT2D eigenvalue weighted by atomic mass is 127. The maximum Gasteiger partial charge on any atom is 0.508 e. The van der Waals surface area contributed by atoms with Gasteiger partial charge in [0.05, 0.1) is 6.61 Å². The Hall–Kier alpha value is -0.820. The molecule has 0 bridgehead atoms. The number of halogens is 1. The van der Waals surface area contributed by atoms with Gasteiger partial charge in [0.15, 0.2) is 0 Å². The van der Waals surface area contributed by atoms with E-state index in [1.165, 1.54) is 0 Å². The lowest BCUT2D eigenvalue weighted by Crippen LogP contribution is -2.11. The Morgan fingerprint density at radius 2 is 1.88 bits per heavy atom. The zero-order chi connectivity index (χ0) is 11.8. The van der Waals surface area contributed by atoms with E-state index in [1.54, 1.807) is 7.11 Å². The number of carbonyl (C=O) groups is 1. The van der Waals surface area contributed by atoms with E-state index in [4.69, 9.17) is 14.2 Å². The average Bonchev–Trinajstić information content (AvgIpc) is 2.29. The van der Waals surface area contributed by atoms with Gasteiger partial charge >= 0.3 is 6.16 Å². The molecule has 0 amide bonds. The van der Waals surface area contributed by atoms with Gasteiger partial charge in [-0.1, -0.05) is 12.1 Å². The molecule has 0 aromatic heterocycles. The highest BCUT2D eigenvalue weighted by molar-refractivity contribution is 14.1. The van der Waals surface area contributed by atoms with Crippen LogP contribution in [0.1, 0.15) is 5.56 Å². The molecule has 0 atom stereocenters. The number of benzene rings is 1. The zero-order valence-corrected chi connectivity index (χ0v) is 11.1. The van der Waals surface area contributed by atoms with Gasteiger partial charge in [0.25, 0.3) is 0 Å². The lowest BCUT2D eigenvalue weighted by atomic mass is 10.2. The molecule has 0 heterocycles. The van der Waals surface area contributed by atoms with Gasteiger partial charge in [0.2, 0.25) is 0 Å². The Labute approximate surface area is 108 Å². The minimum atomic E-state index is -0.671. The molecule has 0 saturated carbocycles. The van der Waals surface area contributed by atoms with Crippen molar-refractivity contribution >= 4 is 28.7 Å². The second-order valence-electron chi connectivity index (χ2n) is 3.01. The van der Waals surface area contributed by atoms with Crippen molar-refractivity contribution in [2.24, 2.45) is 0 Å². The van der Waals surface area contributed by atoms with Crippen LogP contribution in [-0.2, 0) is 20.8 Å². The fourth-order valence-electron chi connectivity index (χ4n) is 0.973. The van der Waals surface area contributed by atoms with Crippen molar-refractivity contribution in [2.75, 3.05) is 20.3 Å². The number of ether oxygens (including phenoxy) is 3. The van der Waals surface area contributed by atoms with Gasteiger partial charge in [0.1, 0.15) is 13.2 Å².